The third kappa shape index (κ3) is 4.87. The number of aryl methyl sites for hydroxylation is 1. The molecule has 2 aromatic carbocycles. The molecule has 0 unspecified atom stereocenters. The van der Waals surface area contributed by atoms with Crippen LogP contribution in [-0.4, -0.2) is 41.1 Å². The lowest BCUT2D eigenvalue weighted by Gasteiger charge is -2.25. The Morgan fingerprint density at radius 1 is 1.03 bits per heavy atom. The van der Waals surface area contributed by atoms with Gasteiger partial charge in [-0.15, -0.1) is 0 Å². The van der Waals surface area contributed by atoms with Crippen LogP contribution in [0.3, 0.4) is 0 Å². The topological polar surface area (TPSA) is 84.9 Å². The van der Waals surface area contributed by atoms with Crippen LogP contribution in [0.4, 0.5) is 5.69 Å². The van der Waals surface area contributed by atoms with Crippen LogP contribution >= 0.6 is 0 Å². The Hall–Kier alpha value is -2.74. The number of nitrogens with one attached hydrogen (secondary N) is 1. The van der Waals surface area contributed by atoms with Crippen LogP contribution in [0.5, 0.6) is 11.5 Å². The van der Waals surface area contributed by atoms with E-state index in [4.69, 9.17) is 9.47 Å². The molecule has 0 bridgehead atoms. The third-order valence-electron chi connectivity index (χ3n) is 5.27. The largest absolute Gasteiger partial charge is 0.493 e. The van der Waals surface area contributed by atoms with E-state index in [2.05, 4.69) is 5.32 Å². The van der Waals surface area contributed by atoms with E-state index in [1.807, 2.05) is 19.1 Å². The minimum Gasteiger partial charge on any atom is -0.493 e. The van der Waals surface area contributed by atoms with Crippen molar-refractivity contribution < 1.29 is 22.7 Å². The summed E-state index contributed by atoms with van der Waals surface area (Å²) in [6.07, 6.45) is 4.02. The lowest BCUT2D eigenvalue weighted by Crippen LogP contribution is -2.43. The van der Waals surface area contributed by atoms with Gasteiger partial charge in [-0.25, -0.2) is 8.42 Å². The average Bonchev–Trinajstić information content (AvgIpc) is 3.25. The Bertz CT molecular complexity index is 983. The van der Waals surface area contributed by atoms with Gasteiger partial charge in [0.2, 0.25) is 5.91 Å². The average molecular weight is 433 g/mol. The molecule has 0 aromatic heterocycles. The Morgan fingerprint density at radius 2 is 1.67 bits per heavy atom. The van der Waals surface area contributed by atoms with Crippen LogP contribution in [-0.2, 0) is 14.8 Å². The number of benzene rings is 2. The van der Waals surface area contributed by atoms with Gasteiger partial charge < -0.3 is 14.8 Å². The quantitative estimate of drug-likeness (QED) is 0.692. The minimum absolute atomic E-state index is 0.0226. The molecular weight excluding hydrogens is 404 g/mol. The Morgan fingerprint density at radius 3 is 2.27 bits per heavy atom. The summed E-state index contributed by atoms with van der Waals surface area (Å²) in [5, 5.41) is 2.97. The van der Waals surface area contributed by atoms with Crippen molar-refractivity contribution in [2.75, 3.05) is 25.1 Å². The Kier molecular flexibility index (Phi) is 6.87. The second kappa shape index (κ2) is 9.38. The van der Waals surface area contributed by atoms with Gasteiger partial charge in [-0.2, -0.15) is 0 Å². The second-order valence-corrected chi connectivity index (χ2v) is 9.28. The maximum atomic E-state index is 13.5. The van der Waals surface area contributed by atoms with Gasteiger partial charge in [0.15, 0.2) is 11.5 Å². The number of hydrogen-bond acceptors (Lipinski definition) is 5. The SMILES string of the molecule is COc1ccc(S(=O)(=O)N(CC(=O)NC2CCCC2)c2ccc(C)cc2)cc1OC. The van der Waals surface area contributed by atoms with Gasteiger partial charge in [0.05, 0.1) is 24.8 Å². The van der Waals surface area contributed by atoms with Crippen molar-refractivity contribution in [1.29, 1.82) is 0 Å². The van der Waals surface area contributed by atoms with Gasteiger partial charge in [0.25, 0.3) is 10.0 Å². The summed E-state index contributed by atoms with van der Waals surface area (Å²) in [4.78, 5) is 12.7. The van der Waals surface area contributed by atoms with Crippen LogP contribution in [0.1, 0.15) is 31.2 Å². The van der Waals surface area contributed by atoms with E-state index in [1.54, 1.807) is 12.1 Å². The van der Waals surface area contributed by atoms with E-state index in [-0.39, 0.29) is 23.4 Å². The predicted molar refractivity (Wildman–Crippen MR) is 116 cm³/mol. The van der Waals surface area contributed by atoms with Crippen LogP contribution in [0.2, 0.25) is 0 Å². The lowest BCUT2D eigenvalue weighted by molar-refractivity contribution is -0.120. The maximum absolute atomic E-state index is 13.5. The van der Waals surface area contributed by atoms with Crippen LogP contribution in [0.15, 0.2) is 47.4 Å². The molecule has 0 radical (unpaired) electrons. The van der Waals surface area contributed by atoms with Crippen molar-refractivity contribution in [3.8, 4) is 11.5 Å². The Labute approximate surface area is 178 Å². The number of ether oxygens (including phenoxy) is 2. The highest BCUT2D eigenvalue weighted by atomic mass is 32.2. The molecule has 0 spiro atoms. The standard InChI is InChI=1S/C22H28N2O5S/c1-16-8-10-18(11-9-16)24(15-22(25)23-17-6-4-5-7-17)30(26,27)19-12-13-20(28-2)21(14-19)29-3/h8-14,17H,4-7,15H2,1-3H3,(H,23,25). The molecule has 7 nitrogen and oxygen atoms in total. The number of carbonyl (C=O) groups excluding carboxylic acids is 1. The predicted octanol–water partition coefficient (Wildman–Crippen LogP) is 3.27. The van der Waals surface area contributed by atoms with Gasteiger partial charge in [0.1, 0.15) is 6.54 Å². The van der Waals surface area contributed by atoms with Gasteiger partial charge in [-0.05, 0) is 44.0 Å². The van der Waals surface area contributed by atoms with E-state index in [0.29, 0.717) is 17.2 Å². The minimum atomic E-state index is -4.02. The zero-order valence-corrected chi connectivity index (χ0v) is 18.4. The third-order valence-corrected chi connectivity index (χ3v) is 7.04. The van der Waals surface area contributed by atoms with Crippen molar-refractivity contribution in [2.24, 2.45) is 0 Å². The highest BCUT2D eigenvalue weighted by Gasteiger charge is 2.29. The van der Waals surface area contributed by atoms with Crippen LogP contribution < -0.4 is 19.1 Å². The first-order valence-corrected chi connectivity index (χ1v) is 11.4. The lowest BCUT2D eigenvalue weighted by atomic mass is 10.2. The van der Waals surface area contributed by atoms with Gasteiger partial charge in [-0.3, -0.25) is 9.10 Å². The first kappa shape index (κ1) is 22.0. The molecule has 0 saturated heterocycles. The highest BCUT2D eigenvalue weighted by molar-refractivity contribution is 7.92. The van der Waals surface area contributed by atoms with E-state index in [9.17, 15) is 13.2 Å². The highest BCUT2D eigenvalue weighted by Crippen LogP contribution is 2.32. The Balaban J connectivity index is 1.95. The molecule has 0 aliphatic heterocycles. The zero-order valence-electron chi connectivity index (χ0n) is 17.6. The summed E-state index contributed by atoms with van der Waals surface area (Å²) < 4.78 is 38.6. The number of nitrogens with zero attached hydrogens (tertiary/aromatic N) is 1. The monoisotopic (exact) mass is 432 g/mol. The fourth-order valence-electron chi connectivity index (χ4n) is 3.60. The number of sulfonamides is 1. The molecule has 1 fully saturated rings. The molecule has 1 N–H and O–H groups in total. The molecule has 30 heavy (non-hydrogen) atoms. The molecule has 2 aromatic rings. The first-order valence-electron chi connectivity index (χ1n) is 9.96. The zero-order chi connectivity index (χ0) is 21.7. The fraction of sp³-hybridized carbons (Fsp3) is 0.409. The van der Waals surface area contributed by atoms with Gasteiger partial charge in [0, 0.05) is 12.1 Å². The number of rotatable bonds is 8. The summed E-state index contributed by atoms with van der Waals surface area (Å²) in [6.45, 7) is 1.62. The fourth-order valence-corrected chi connectivity index (χ4v) is 5.04. The van der Waals surface area contributed by atoms with Crippen molar-refractivity contribution in [3.05, 3.63) is 48.0 Å². The van der Waals surface area contributed by atoms with Crippen LogP contribution in [0, 0.1) is 6.92 Å². The summed E-state index contributed by atoms with van der Waals surface area (Å²) in [5.74, 6) is 0.418. The molecule has 162 valence electrons. The van der Waals surface area contributed by atoms with E-state index >= 15 is 0 Å². The van der Waals surface area contributed by atoms with Gasteiger partial charge >= 0.3 is 0 Å². The summed E-state index contributed by atoms with van der Waals surface area (Å²) in [6, 6.07) is 11.6. The summed E-state index contributed by atoms with van der Waals surface area (Å²) >= 11 is 0. The second-order valence-electron chi connectivity index (χ2n) is 7.41. The van der Waals surface area contributed by atoms with E-state index < -0.39 is 10.0 Å². The summed E-state index contributed by atoms with van der Waals surface area (Å²) in [7, 11) is -1.09. The molecule has 1 aliphatic carbocycles. The maximum Gasteiger partial charge on any atom is 0.264 e. The van der Waals surface area contributed by atoms with E-state index in [0.717, 1.165) is 35.6 Å². The number of hydrogen-bond donors (Lipinski definition) is 1. The molecular formula is C22H28N2O5S. The molecule has 3 rings (SSSR count). The number of carbonyl (C=O) groups is 1. The van der Waals surface area contributed by atoms with Crippen molar-refractivity contribution in [3.63, 3.8) is 0 Å². The first-order chi connectivity index (χ1) is 14.3. The van der Waals surface area contributed by atoms with E-state index in [1.165, 1.54) is 32.4 Å². The normalized spacial score (nSPS) is 14.4. The molecule has 0 atom stereocenters. The molecule has 1 amide bonds. The summed E-state index contributed by atoms with van der Waals surface area (Å²) in [5.41, 5.74) is 1.43. The van der Waals surface area contributed by atoms with Crippen molar-refractivity contribution in [2.45, 2.75) is 43.5 Å². The number of methoxy groups -OCH3 is 2. The number of anilines is 1. The molecule has 1 saturated carbocycles. The molecule has 1 aliphatic rings. The van der Waals surface area contributed by atoms with Crippen LogP contribution in [0.25, 0.3) is 0 Å². The number of amides is 1. The van der Waals surface area contributed by atoms with Gasteiger partial charge in [-0.1, -0.05) is 30.5 Å². The van der Waals surface area contributed by atoms with Crippen molar-refractivity contribution in [1.82, 2.24) is 5.32 Å². The smallest absolute Gasteiger partial charge is 0.264 e. The van der Waals surface area contributed by atoms with Crippen molar-refractivity contribution >= 4 is 21.6 Å². The molecule has 8 heteroatoms. The molecule has 0 heterocycles.